The first-order chi connectivity index (χ1) is 12.5. The number of rotatable bonds is 1. The van der Waals surface area contributed by atoms with Crippen LogP contribution in [0.3, 0.4) is 0 Å². The zero-order valence-electron chi connectivity index (χ0n) is 16.1. The minimum Gasteiger partial charge on any atom is -0.389 e. The molecule has 0 aromatic carbocycles. The van der Waals surface area contributed by atoms with Gasteiger partial charge in [0, 0.05) is 12.4 Å². The van der Waals surface area contributed by atoms with Crippen molar-refractivity contribution in [2.75, 3.05) is 0 Å². The highest BCUT2D eigenvalue weighted by molar-refractivity contribution is 5.72. The Labute approximate surface area is 157 Å². The number of aromatic nitrogens is 1. The summed E-state index contributed by atoms with van der Waals surface area (Å²) in [6, 6.07) is 4.31. The maximum Gasteiger partial charge on any atom is 0.0724 e. The van der Waals surface area contributed by atoms with E-state index in [4.69, 9.17) is 0 Å². The Bertz CT molecular complexity index is 766. The Balaban J connectivity index is 1.47. The molecular formula is C24H31NO. The van der Waals surface area contributed by atoms with Crippen LogP contribution in [0.5, 0.6) is 0 Å². The molecule has 4 aliphatic carbocycles. The summed E-state index contributed by atoms with van der Waals surface area (Å²) < 4.78 is 0. The Morgan fingerprint density at radius 3 is 2.73 bits per heavy atom. The van der Waals surface area contributed by atoms with Gasteiger partial charge in [0.2, 0.25) is 0 Å². The van der Waals surface area contributed by atoms with Crippen molar-refractivity contribution in [3.63, 3.8) is 0 Å². The number of fused-ring (bicyclic) bond motifs is 5. The fourth-order valence-corrected chi connectivity index (χ4v) is 7.25. The van der Waals surface area contributed by atoms with Gasteiger partial charge >= 0.3 is 0 Å². The number of nitrogens with zero attached hydrogens (tertiary/aromatic N) is 1. The van der Waals surface area contributed by atoms with Crippen molar-refractivity contribution in [2.24, 2.45) is 28.6 Å². The van der Waals surface area contributed by atoms with Crippen LogP contribution in [0.1, 0.15) is 64.4 Å². The minimum atomic E-state index is -0.200. The molecule has 1 aromatic heterocycles. The van der Waals surface area contributed by atoms with Gasteiger partial charge in [-0.05, 0) is 90.7 Å². The third kappa shape index (κ3) is 2.24. The van der Waals surface area contributed by atoms with Crippen LogP contribution in [-0.2, 0) is 0 Å². The van der Waals surface area contributed by atoms with Crippen molar-refractivity contribution >= 4 is 5.57 Å². The number of hydrogen-bond donors (Lipinski definition) is 1. The monoisotopic (exact) mass is 349 g/mol. The molecule has 0 aliphatic heterocycles. The van der Waals surface area contributed by atoms with E-state index in [1.807, 2.05) is 6.20 Å². The average Bonchev–Trinajstić information content (AvgIpc) is 3.00. The number of aliphatic hydroxyl groups is 1. The molecule has 0 radical (unpaired) electrons. The topological polar surface area (TPSA) is 33.1 Å². The van der Waals surface area contributed by atoms with Crippen LogP contribution in [0.15, 0.2) is 42.3 Å². The van der Waals surface area contributed by atoms with Gasteiger partial charge in [-0.3, -0.25) is 4.98 Å². The van der Waals surface area contributed by atoms with E-state index in [-0.39, 0.29) is 6.10 Å². The van der Waals surface area contributed by atoms with Crippen LogP contribution in [-0.4, -0.2) is 16.2 Å². The van der Waals surface area contributed by atoms with E-state index in [1.165, 1.54) is 44.1 Å². The average molecular weight is 350 g/mol. The summed E-state index contributed by atoms with van der Waals surface area (Å²) in [6.45, 7) is 5.03. The Morgan fingerprint density at radius 2 is 1.92 bits per heavy atom. The van der Waals surface area contributed by atoms with Gasteiger partial charge in [0.1, 0.15) is 0 Å². The van der Waals surface area contributed by atoms with Crippen molar-refractivity contribution < 1.29 is 5.11 Å². The van der Waals surface area contributed by atoms with E-state index in [2.05, 4.69) is 49.3 Å². The van der Waals surface area contributed by atoms with Crippen molar-refractivity contribution in [1.82, 2.24) is 4.98 Å². The van der Waals surface area contributed by atoms with Gasteiger partial charge in [0.25, 0.3) is 0 Å². The first-order valence-corrected chi connectivity index (χ1v) is 10.5. The van der Waals surface area contributed by atoms with Gasteiger partial charge in [-0.1, -0.05) is 37.6 Å². The van der Waals surface area contributed by atoms with Gasteiger partial charge in [-0.2, -0.15) is 0 Å². The lowest BCUT2D eigenvalue weighted by Gasteiger charge is -2.58. The molecule has 1 heterocycles. The predicted octanol–water partition coefficient (Wildman–Crippen LogP) is 5.40. The van der Waals surface area contributed by atoms with E-state index in [1.54, 1.807) is 11.1 Å². The van der Waals surface area contributed by atoms with Crippen molar-refractivity contribution in [3.8, 4) is 0 Å². The molecule has 0 spiro atoms. The van der Waals surface area contributed by atoms with Crippen molar-refractivity contribution in [3.05, 3.63) is 47.8 Å². The second-order valence-corrected chi connectivity index (χ2v) is 9.68. The summed E-state index contributed by atoms with van der Waals surface area (Å²) in [5, 5.41) is 10.1. The van der Waals surface area contributed by atoms with Crippen LogP contribution in [0.25, 0.3) is 5.57 Å². The quantitative estimate of drug-likeness (QED) is 0.689. The molecule has 6 atom stereocenters. The van der Waals surface area contributed by atoms with Gasteiger partial charge in [0.05, 0.1) is 6.10 Å². The van der Waals surface area contributed by atoms with Crippen LogP contribution in [0.2, 0.25) is 0 Å². The maximum atomic E-state index is 10.1. The molecule has 1 unspecified atom stereocenters. The molecule has 26 heavy (non-hydrogen) atoms. The van der Waals surface area contributed by atoms with Crippen LogP contribution in [0, 0.1) is 28.6 Å². The molecule has 2 fully saturated rings. The molecule has 4 aliphatic rings. The number of pyridine rings is 1. The molecule has 2 heteroatoms. The minimum absolute atomic E-state index is 0.200. The van der Waals surface area contributed by atoms with Gasteiger partial charge in [-0.15, -0.1) is 0 Å². The molecule has 2 saturated carbocycles. The standard InChI is InChI=1S/C24H31NO/c1-23-11-9-18(26)14-17(23)5-6-19-21-8-7-20(16-4-3-13-25-15-16)24(21,2)12-10-22(19)23/h3-4,7,13-15,18-19,21-22,26H,5-6,8-12H2,1-2H3/t18?,19-,21-,22-,23-,24+/m0/s1. The SMILES string of the molecule is C[C@]12CCC(O)C=C1CC[C@@H]1[C@@H]2CC[C@]2(C)C(c3cccnc3)=CC[C@@H]12. The van der Waals surface area contributed by atoms with E-state index in [9.17, 15) is 5.11 Å². The first kappa shape index (κ1) is 16.7. The Hall–Kier alpha value is -1.41. The van der Waals surface area contributed by atoms with Crippen molar-refractivity contribution in [1.29, 1.82) is 0 Å². The number of hydrogen-bond acceptors (Lipinski definition) is 2. The summed E-state index contributed by atoms with van der Waals surface area (Å²) in [5.41, 5.74) is 5.11. The molecule has 1 N–H and O–H groups in total. The third-order valence-electron chi connectivity index (χ3n) is 8.64. The third-order valence-corrected chi connectivity index (χ3v) is 8.64. The van der Waals surface area contributed by atoms with E-state index in [0.717, 1.165) is 24.2 Å². The zero-order chi connectivity index (χ0) is 17.9. The molecule has 0 bridgehead atoms. The molecular weight excluding hydrogens is 318 g/mol. The summed E-state index contributed by atoms with van der Waals surface area (Å²) in [4.78, 5) is 4.38. The second kappa shape index (κ2) is 5.79. The van der Waals surface area contributed by atoms with Crippen LogP contribution >= 0.6 is 0 Å². The van der Waals surface area contributed by atoms with E-state index in [0.29, 0.717) is 10.8 Å². The Morgan fingerprint density at radius 1 is 1.08 bits per heavy atom. The van der Waals surface area contributed by atoms with Crippen LogP contribution in [0.4, 0.5) is 0 Å². The second-order valence-electron chi connectivity index (χ2n) is 9.68. The predicted molar refractivity (Wildman–Crippen MR) is 105 cm³/mol. The Kier molecular flexibility index (Phi) is 3.73. The summed E-state index contributed by atoms with van der Waals surface area (Å²) in [7, 11) is 0. The highest BCUT2D eigenvalue weighted by atomic mass is 16.3. The molecule has 5 rings (SSSR count). The zero-order valence-corrected chi connectivity index (χ0v) is 16.1. The largest absolute Gasteiger partial charge is 0.389 e. The molecule has 138 valence electrons. The summed E-state index contributed by atoms with van der Waals surface area (Å²) >= 11 is 0. The number of allylic oxidation sites excluding steroid dienone is 3. The highest BCUT2D eigenvalue weighted by Crippen LogP contribution is 2.66. The van der Waals surface area contributed by atoms with Crippen LogP contribution < -0.4 is 0 Å². The fourth-order valence-electron chi connectivity index (χ4n) is 7.25. The summed E-state index contributed by atoms with van der Waals surface area (Å²) in [5.74, 6) is 2.41. The molecule has 1 aromatic rings. The molecule has 0 saturated heterocycles. The smallest absolute Gasteiger partial charge is 0.0724 e. The highest BCUT2D eigenvalue weighted by Gasteiger charge is 2.57. The van der Waals surface area contributed by atoms with Crippen molar-refractivity contribution in [2.45, 2.75) is 64.9 Å². The fraction of sp³-hybridized carbons (Fsp3) is 0.625. The lowest BCUT2D eigenvalue weighted by molar-refractivity contribution is -0.0281. The molecule has 0 amide bonds. The van der Waals surface area contributed by atoms with Gasteiger partial charge in [-0.25, -0.2) is 0 Å². The van der Waals surface area contributed by atoms with Gasteiger partial charge in [0.15, 0.2) is 0 Å². The lowest BCUT2D eigenvalue weighted by Crippen LogP contribution is -2.50. The summed E-state index contributed by atoms with van der Waals surface area (Å²) in [6.07, 6.45) is 17.0. The lowest BCUT2D eigenvalue weighted by atomic mass is 9.46. The van der Waals surface area contributed by atoms with Gasteiger partial charge < -0.3 is 5.11 Å². The maximum absolute atomic E-state index is 10.1. The van der Waals surface area contributed by atoms with E-state index < -0.39 is 0 Å². The number of aliphatic hydroxyl groups excluding tert-OH is 1. The van der Waals surface area contributed by atoms with E-state index >= 15 is 0 Å². The normalized spacial score (nSPS) is 44.4. The molecule has 2 nitrogen and oxygen atoms in total. The first-order valence-electron chi connectivity index (χ1n) is 10.5.